The number of carbonyl (C=O) groups excluding carboxylic acids is 1. The lowest BCUT2D eigenvalue weighted by molar-refractivity contribution is 0.107. The number of rotatable bonds is 6. The second-order valence-corrected chi connectivity index (χ2v) is 7.35. The van der Waals surface area contributed by atoms with Crippen LogP contribution < -0.4 is 14.8 Å². The van der Waals surface area contributed by atoms with Crippen LogP contribution >= 0.6 is 0 Å². The van der Waals surface area contributed by atoms with E-state index in [0.717, 1.165) is 22.4 Å². The maximum atomic E-state index is 12.8. The maximum absolute atomic E-state index is 12.8. The Balaban J connectivity index is 1.39. The van der Waals surface area contributed by atoms with E-state index in [9.17, 15) is 4.79 Å². The first-order valence-corrected chi connectivity index (χ1v) is 10.3. The molecular weight excluding hydrogens is 392 g/mol. The number of amides is 2. The van der Waals surface area contributed by atoms with Crippen LogP contribution in [0.3, 0.4) is 0 Å². The first-order valence-electron chi connectivity index (χ1n) is 10.3. The molecule has 0 fully saturated rings. The van der Waals surface area contributed by atoms with Crippen molar-refractivity contribution in [1.29, 1.82) is 0 Å². The van der Waals surface area contributed by atoms with Crippen LogP contribution in [0.2, 0.25) is 0 Å². The van der Waals surface area contributed by atoms with Gasteiger partial charge < -0.3 is 24.4 Å². The summed E-state index contributed by atoms with van der Waals surface area (Å²) in [6.45, 7) is 2.48. The summed E-state index contributed by atoms with van der Waals surface area (Å²) in [5.41, 5.74) is 3.85. The van der Waals surface area contributed by atoms with Gasteiger partial charge in [0, 0.05) is 17.3 Å². The smallest absolute Gasteiger partial charge is 0.322 e. The number of carbonyl (C=O) groups is 1. The fraction of sp³-hybridized carbons (Fsp3) is 0.240. The average Bonchev–Trinajstić information content (AvgIpc) is 3.02. The highest BCUT2D eigenvalue weighted by atomic mass is 16.5. The molecule has 0 atom stereocenters. The third kappa shape index (κ3) is 5.55. The average molecular weight is 418 g/mol. The lowest BCUT2D eigenvalue weighted by atomic mass is 10.1. The molecule has 2 amide bonds. The van der Waals surface area contributed by atoms with Crippen molar-refractivity contribution in [2.45, 2.75) is 19.8 Å². The molecule has 3 aromatic rings. The molecule has 1 aliphatic heterocycles. The van der Waals surface area contributed by atoms with Gasteiger partial charge in [0.1, 0.15) is 18.1 Å². The molecule has 1 aliphatic rings. The summed E-state index contributed by atoms with van der Waals surface area (Å²) < 4.78 is 16.9. The van der Waals surface area contributed by atoms with Crippen LogP contribution in [0.5, 0.6) is 11.5 Å². The minimum absolute atomic E-state index is 0.171. The van der Waals surface area contributed by atoms with Gasteiger partial charge in [0.05, 0.1) is 33.4 Å². The number of nitrogens with zero attached hydrogens (tertiary/aromatic N) is 1. The summed E-state index contributed by atoms with van der Waals surface area (Å²) in [6, 6.07) is 23.3. The predicted octanol–water partition coefficient (Wildman–Crippen LogP) is 4.84. The van der Waals surface area contributed by atoms with Crippen molar-refractivity contribution in [3.8, 4) is 11.5 Å². The van der Waals surface area contributed by atoms with Crippen LogP contribution in [0.4, 0.5) is 10.5 Å². The largest absolute Gasteiger partial charge is 0.497 e. The minimum Gasteiger partial charge on any atom is -0.497 e. The second kappa shape index (κ2) is 10.00. The first kappa shape index (κ1) is 20.8. The van der Waals surface area contributed by atoms with Gasteiger partial charge in [0.2, 0.25) is 0 Å². The number of hydrogen-bond acceptors (Lipinski definition) is 4. The molecule has 0 unspecified atom stereocenters. The molecule has 6 nitrogen and oxygen atoms in total. The number of hydrogen-bond donors (Lipinski definition) is 1. The van der Waals surface area contributed by atoms with Crippen LogP contribution in [0.15, 0.2) is 72.8 Å². The maximum Gasteiger partial charge on any atom is 0.322 e. The summed E-state index contributed by atoms with van der Waals surface area (Å²) in [5.74, 6) is 1.51. The zero-order valence-electron chi connectivity index (χ0n) is 17.5. The molecule has 1 heterocycles. The summed E-state index contributed by atoms with van der Waals surface area (Å²) >= 11 is 0. The van der Waals surface area contributed by atoms with E-state index < -0.39 is 0 Å². The van der Waals surface area contributed by atoms with Crippen LogP contribution in [-0.2, 0) is 24.5 Å². The van der Waals surface area contributed by atoms with E-state index in [0.29, 0.717) is 44.3 Å². The molecule has 0 bridgehead atoms. The summed E-state index contributed by atoms with van der Waals surface area (Å²) in [6.07, 6.45) is 0. The SMILES string of the molecule is COc1cccc(NC(=O)N2CCOc3ccc(COCc4ccccc4)cc3C2)c1. The molecule has 6 heteroatoms. The molecule has 0 aliphatic carbocycles. The quantitative estimate of drug-likeness (QED) is 0.622. The molecule has 3 aromatic carbocycles. The topological polar surface area (TPSA) is 60.0 Å². The molecule has 0 saturated carbocycles. The molecule has 0 saturated heterocycles. The number of urea groups is 1. The van der Waals surface area contributed by atoms with Crippen molar-refractivity contribution in [2.75, 3.05) is 25.6 Å². The van der Waals surface area contributed by atoms with Gasteiger partial charge in [-0.25, -0.2) is 4.79 Å². The highest BCUT2D eigenvalue weighted by molar-refractivity contribution is 5.89. The van der Waals surface area contributed by atoms with Crippen molar-refractivity contribution in [2.24, 2.45) is 0 Å². The van der Waals surface area contributed by atoms with E-state index >= 15 is 0 Å². The fourth-order valence-corrected chi connectivity index (χ4v) is 3.48. The van der Waals surface area contributed by atoms with Crippen LogP contribution in [0.25, 0.3) is 0 Å². The Bertz CT molecular complexity index is 1020. The Labute approximate surface area is 182 Å². The number of benzene rings is 3. The monoisotopic (exact) mass is 418 g/mol. The Morgan fingerprint density at radius 1 is 1.00 bits per heavy atom. The molecule has 4 rings (SSSR count). The summed E-state index contributed by atoms with van der Waals surface area (Å²) in [4.78, 5) is 14.6. The van der Waals surface area contributed by atoms with E-state index in [1.54, 1.807) is 18.1 Å². The Morgan fingerprint density at radius 2 is 1.84 bits per heavy atom. The van der Waals surface area contributed by atoms with Gasteiger partial charge in [-0.05, 0) is 35.4 Å². The third-order valence-electron chi connectivity index (χ3n) is 5.09. The highest BCUT2D eigenvalue weighted by Crippen LogP contribution is 2.26. The molecule has 1 N–H and O–H groups in total. The van der Waals surface area contributed by atoms with Gasteiger partial charge in [0.15, 0.2) is 0 Å². The number of anilines is 1. The number of nitrogens with one attached hydrogen (secondary N) is 1. The van der Waals surface area contributed by atoms with E-state index in [2.05, 4.69) is 11.4 Å². The number of fused-ring (bicyclic) bond motifs is 1. The lowest BCUT2D eigenvalue weighted by Crippen LogP contribution is -2.36. The standard InChI is InChI=1S/C25H26N2O4/c1-29-23-9-5-8-22(15-23)26-25(28)27-12-13-31-24-11-10-20(14-21(24)16-27)18-30-17-19-6-3-2-4-7-19/h2-11,14-15H,12-13,16-18H2,1H3,(H,26,28). The molecule has 0 spiro atoms. The molecule has 160 valence electrons. The summed E-state index contributed by atoms with van der Waals surface area (Å²) in [7, 11) is 1.60. The van der Waals surface area contributed by atoms with Crippen molar-refractivity contribution in [3.63, 3.8) is 0 Å². The van der Waals surface area contributed by atoms with Gasteiger partial charge >= 0.3 is 6.03 Å². The number of methoxy groups -OCH3 is 1. The fourth-order valence-electron chi connectivity index (χ4n) is 3.48. The van der Waals surface area contributed by atoms with Crippen molar-refractivity contribution >= 4 is 11.7 Å². The zero-order valence-corrected chi connectivity index (χ0v) is 17.5. The molecule has 31 heavy (non-hydrogen) atoms. The van der Waals surface area contributed by atoms with E-state index in [4.69, 9.17) is 14.2 Å². The normalized spacial score (nSPS) is 13.0. The second-order valence-electron chi connectivity index (χ2n) is 7.35. The zero-order chi connectivity index (χ0) is 21.5. The van der Waals surface area contributed by atoms with Crippen LogP contribution in [0.1, 0.15) is 16.7 Å². The Kier molecular flexibility index (Phi) is 6.69. The van der Waals surface area contributed by atoms with E-state index in [1.807, 2.05) is 60.7 Å². The van der Waals surface area contributed by atoms with Crippen molar-refractivity contribution in [1.82, 2.24) is 4.90 Å². The first-order chi connectivity index (χ1) is 15.2. The predicted molar refractivity (Wildman–Crippen MR) is 119 cm³/mol. The van der Waals surface area contributed by atoms with Gasteiger partial charge in [-0.1, -0.05) is 42.5 Å². The van der Waals surface area contributed by atoms with Crippen LogP contribution in [0, 0.1) is 0 Å². The Morgan fingerprint density at radius 3 is 2.68 bits per heavy atom. The summed E-state index contributed by atoms with van der Waals surface area (Å²) in [5, 5.41) is 2.94. The Hall–Kier alpha value is -3.51. The lowest BCUT2D eigenvalue weighted by Gasteiger charge is -2.20. The van der Waals surface area contributed by atoms with E-state index in [1.165, 1.54) is 0 Å². The van der Waals surface area contributed by atoms with E-state index in [-0.39, 0.29) is 6.03 Å². The van der Waals surface area contributed by atoms with Crippen molar-refractivity contribution < 1.29 is 19.0 Å². The van der Waals surface area contributed by atoms with Gasteiger partial charge in [0.25, 0.3) is 0 Å². The van der Waals surface area contributed by atoms with Crippen LogP contribution in [-0.4, -0.2) is 31.2 Å². The highest BCUT2D eigenvalue weighted by Gasteiger charge is 2.20. The van der Waals surface area contributed by atoms with Gasteiger partial charge in [-0.15, -0.1) is 0 Å². The minimum atomic E-state index is -0.171. The number of ether oxygens (including phenoxy) is 3. The molecule has 0 aromatic heterocycles. The van der Waals surface area contributed by atoms with Gasteiger partial charge in [-0.2, -0.15) is 0 Å². The molecular formula is C25H26N2O4. The molecule has 0 radical (unpaired) electrons. The van der Waals surface area contributed by atoms with Crippen molar-refractivity contribution in [3.05, 3.63) is 89.5 Å². The third-order valence-corrected chi connectivity index (χ3v) is 5.09. The van der Waals surface area contributed by atoms with Gasteiger partial charge in [-0.3, -0.25) is 0 Å².